The molecule has 2 fully saturated rings. The Morgan fingerprint density at radius 1 is 0.581 bits per heavy atom. The van der Waals surface area contributed by atoms with E-state index in [-0.39, 0.29) is 39.2 Å². The zero-order valence-corrected chi connectivity index (χ0v) is 32.8. The van der Waals surface area contributed by atoms with Gasteiger partial charge in [-0.15, -0.1) is 0 Å². The van der Waals surface area contributed by atoms with Crippen molar-refractivity contribution in [2.45, 2.75) is 60.8 Å². The first-order chi connectivity index (χ1) is 28.8. The van der Waals surface area contributed by atoms with Crippen LogP contribution in [0.15, 0.2) is 146 Å². The summed E-state index contributed by atoms with van der Waals surface area (Å²) in [7, 11) is 0. The number of aromatic carboxylic acids is 1. The maximum atomic E-state index is 13.2. The van der Waals surface area contributed by atoms with E-state index in [0.717, 1.165) is 49.9 Å². The number of hydrogen-bond donors (Lipinski definition) is 2. The summed E-state index contributed by atoms with van der Waals surface area (Å²) >= 11 is 0. The SMILES string of the molecule is C.C.C.N#CC1(Cc2ccccc2)CCN(C(=O)c2cccnc2-c2ccncc2)CC1.N#CC1(Cc2ccccc2)CCNCC1.O=C(O)c1cccnc1-c1ccncc1. The lowest BCUT2D eigenvalue weighted by Crippen LogP contribution is -2.43. The van der Waals surface area contributed by atoms with Crippen molar-refractivity contribution >= 4 is 11.9 Å². The fraction of sp³-hybridized carbons (Fsp3) is 0.294. The molecule has 0 spiro atoms. The van der Waals surface area contributed by atoms with Gasteiger partial charge in [0.2, 0.25) is 0 Å². The van der Waals surface area contributed by atoms with E-state index in [4.69, 9.17) is 5.11 Å². The Morgan fingerprint density at radius 3 is 1.44 bits per heavy atom. The quantitative estimate of drug-likeness (QED) is 0.151. The number of rotatable bonds is 8. The highest BCUT2D eigenvalue weighted by Gasteiger charge is 2.37. The Kier molecular flexibility index (Phi) is 19.3. The van der Waals surface area contributed by atoms with Crippen molar-refractivity contribution in [1.29, 1.82) is 10.5 Å². The number of carbonyl (C=O) groups is 2. The molecule has 6 aromatic rings. The van der Waals surface area contributed by atoms with Crippen LogP contribution in [0.5, 0.6) is 0 Å². The van der Waals surface area contributed by atoms with E-state index in [1.807, 2.05) is 59.5 Å². The van der Waals surface area contributed by atoms with E-state index in [0.29, 0.717) is 42.9 Å². The molecule has 11 heteroatoms. The van der Waals surface area contributed by atoms with Crippen LogP contribution in [0.2, 0.25) is 0 Å². The molecule has 0 bridgehead atoms. The fourth-order valence-corrected chi connectivity index (χ4v) is 7.48. The van der Waals surface area contributed by atoms with Crippen LogP contribution < -0.4 is 5.32 Å². The highest BCUT2D eigenvalue weighted by Crippen LogP contribution is 2.36. The van der Waals surface area contributed by atoms with Crippen LogP contribution in [-0.4, -0.2) is 68.0 Å². The third-order valence-corrected chi connectivity index (χ3v) is 10.8. The summed E-state index contributed by atoms with van der Waals surface area (Å²) in [6.45, 7) is 3.09. The Labute approximate surface area is 367 Å². The van der Waals surface area contributed by atoms with Gasteiger partial charge in [0.15, 0.2) is 0 Å². The smallest absolute Gasteiger partial charge is 0.337 e. The maximum absolute atomic E-state index is 13.2. The molecule has 8 rings (SSSR count). The number of benzene rings is 2. The van der Waals surface area contributed by atoms with Crippen LogP contribution in [0.25, 0.3) is 22.5 Å². The number of nitrogens with one attached hydrogen (secondary N) is 1. The van der Waals surface area contributed by atoms with Crippen LogP contribution in [-0.2, 0) is 12.8 Å². The van der Waals surface area contributed by atoms with Crippen LogP contribution in [0.3, 0.4) is 0 Å². The zero-order chi connectivity index (χ0) is 41.3. The van der Waals surface area contributed by atoms with Crippen molar-refractivity contribution < 1.29 is 14.7 Å². The topological polar surface area (TPSA) is 169 Å². The zero-order valence-electron chi connectivity index (χ0n) is 32.8. The highest BCUT2D eigenvalue weighted by molar-refractivity contribution is 6.00. The first kappa shape index (κ1) is 49.3. The van der Waals surface area contributed by atoms with Gasteiger partial charge in [-0.3, -0.25) is 24.7 Å². The minimum absolute atomic E-state index is 0. The van der Waals surface area contributed by atoms with Crippen molar-refractivity contribution in [2.24, 2.45) is 10.8 Å². The molecular formula is C51H58N8O3. The molecule has 0 atom stereocenters. The predicted octanol–water partition coefficient (Wildman–Crippen LogP) is 10.0. The largest absolute Gasteiger partial charge is 0.478 e. The van der Waals surface area contributed by atoms with Gasteiger partial charge in [-0.2, -0.15) is 10.5 Å². The summed E-state index contributed by atoms with van der Waals surface area (Å²) in [4.78, 5) is 42.4. The summed E-state index contributed by atoms with van der Waals surface area (Å²) in [6.07, 6.45) is 14.8. The number of amides is 1. The van der Waals surface area contributed by atoms with Gasteiger partial charge in [-0.1, -0.05) is 82.9 Å². The molecule has 0 saturated carbocycles. The number of carbonyl (C=O) groups excluding carboxylic acids is 1. The number of carboxylic acid groups (broad SMARTS) is 1. The number of pyridine rings is 4. The number of nitriles is 2. The summed E-state index contributed by atoms with van der Waals surface area (Å²) in [5.74, 6) is -1.01. The summed E-state index contributed by atoms with van der Waals surface area (Å²) in [5, 5.41) is 31.5. The lowest BCUT2D eigenvalue weighted by molar-refractivity contribution is 0.0646. The minimum Gasteiger partial charge on any atom is -0.478 e. The third kappa shape index (κ3) is 13.0. The molecule has 0 aliphatic carbocycles. The molecule has 2 N–H and O–H groups in total. The molecule has 2 aliphatic heterocycles. The molecule has 2 aromatic carbocycles. The Bertz CT molecular complexity index is 2350. The van der Waals surface area contributed by atoms with Crippen molar-refractivity contribution in [3.8, 4) is 34.7 Å². The molecule has 2 aliphatic rings. The van der Waals surface area contributed by atoms with Gasteiger partial charge in [-0.05, 0) is 111 Å². The molecule has 6 heterocycles. The molecule has 62 heavy (non-hydrogen) atoms. The van der Waals surface area contributed by atoms with E-state index in [9.17, 15) is 20.1 Å². The lowest BCUT2D eigenvalue weighted by Gasteiger charge is -2.37. The molecule has 2 saturated heterocycles. The van der Waals surface area contributed by atoms with E-state index >= 15 is 0 Å². The van der Waals surface area contributed by atoms with Crippen molar-refractivity contribution in [1.82, 2.24) is 30.2 Å². The van der Waals surface area contributed by atoms with Crippen molar-refractivity contribution in [3.63, 3.8) is 0 Å². The Morgan fingerprint density at radius 2 is 1.00 bits per heavy atom. The summed E-state index contributed by atoms with van der Waals surface area (Å²) in [6, 6.07) is 39.4. The van der Waals surface area contributed by atoms with Gasteiger partial charge < -0.3 is 15.3 Å². The number of hydrogen-bond acceptors (Lipinski definition) is 9. The highest BCUT2D eigenvalue weighted by atomic mass is 16.4. The normalized spacial score (nSPS) is 14.3. The minimum atomic E-state index is -0.977. The third-order valence-electron chi connectivity index (χ3n) is 10.8. The molecule has 4 aromatic heterocycles. The lowest BCUT2D eigenvalue weighted by atomic mass is 9.75. The van der Waals surface area contributed by atoms with Crippen LogP contribution in [0.4, 0.5) is 0 Å². The van der Waals surface area contributed by atoms with Gasteiger partial charge >= 0.3 is 5.97 Å². The average Bonchev–Trinajstić information content (AvgIpc) is 3.31. The van der Waals surface area contributed by atoms with Gasteiger partial charge in [0, 0.05) is 61.4 Å². The second-order valence-electron chi connectivity index (χ2n) is 14.7. The van der Waals surface area contributed by atoms with Gasteiger partial charge in [0.05, 0.1) is 45.5 Å². The van der Waals surface area contributed by atoms with Crippen molar-refractivity contribution in [3.05, 3.63) is 169 Å². The molecule has 0 unspecified atom stereocenters. The molecule has 11 nitrogen and oxygen atoms in total. The van der Waals surface area contributed by atoms with Crippen LogP contribution in [0.1, 0.15) is 79.8 Å². The Hall–Kier alpha value is -7.08. The second-order valence-corrected chi connectivity index (χ2v) is 14.7. The van der Waals surface area contributed by atoms with E-state index < -0.39 is 11.4 Å². The van der Waals surface area contributed by atoms with E-state index in [2.05, 4.69) is 61.7 Å². The van der Waals surface area contributed by atoms with Crippen LogP contribution >= 0.6 is 0 Å². The van der Waals surface area contributed by atoms with Crippen LogP contribution in [0, 0.1) is 33.5 Å². The van der Waals surface area contributed by atoms with Crippen molar-refractivity contribution in [2.75, 3.05) is 26.2 Å². The molecular weight excluding hydrogens is 773 g/mol. The first-order valence-electron chi connectivity index (χ1n) is 19.7. The van der Waals surface area contributed by atoms with E-state index in [1.165, 1.54) is 17.2 Å². The number of likely N-dealkylation sites (tertiary alicyclic amines) is 1. The second kappa shape index (κ2) is 24.2. The Balaban J connectivity index is 0.000000264. The average molecular weight is 831 g/mol. The molecule has 0 radical (unpaired) electrons. The van der Waals surface area contributed by atoms with Gasteiger partial charge in [0.25, 0.3) is 5.91 Å². The maximum Gasteiger partial charge on any atom is 0.337 e. The molecule has 1 amide bonds. The molecule has 320 valence electrons. The summed E-state index contributed by atoms with van der Waals surface area (Å²) in [5.41, 5.74) is 5.44. The number of carboxylic acids is 1. The first-order valence-corrected chi connectivity index (χ1v) is 19.7. The standard InChI is InChI=1S/C24H22N4O.C13H16N2.C11H8N2O2.3CH4/c25-18-24(17-19-5-2-1-3-6-19)10-15-28(16-11-24)23(29)21-7-4-12-27-22(21)20-8-13-26-14-9-20;14-11-13(6-8-15-9-7-13)10-12-4-2-1-3-5-12;14-11(15)9-2-1-5-13-10(9)8-3-6-12-7-4-8;;;/h1-9,12-14H,10-11,15-17H2;1-5,15H,6-10H2;1-7H,(H,14,15);3*1H4. The summed E-state index contributed by atoms with van der Waals surface area (Å²) < 4.78 is 0. The van der Waals surface area contributed by atoms with Gasteiger partial charge in [-0.25, -0.2) is 4.79 Å². The number of piperidine rings is 2. The number of aromatic nitrogens is 4. The number of nitrogens with zero attached hydrogens (tertiary/aromatic N) is 7. The van der Waals surface area contributed by atoms with Gasteiger partial charge in [0.1, 0.15) is 0 Å². The predicted molar refractivity (Wildman–Crippen MR) is 246 cm³/mol. The fourth-order valence-electron chi connectivity index (χ4n) is 7.48. The monoisotopic (exact) mass is 830 g/mol. The van der Waals surface area contributed by atoms with E-state index in [1.54, 1.807) is 61.4 Å².